The Bertz CT molecular complexity index is 410. The molecule has 0 atom stereocenters. The predicted molar refractivity (Wildman–Crippen MR) is 56.8 cm³/mol. The summed E-state index contributed by atoms with van der Waals surface area (Å²) in [6.07, 6.45) is 2.63. The summed E-state index contributed by atoms with van der Waals surface area (Å²) in [5, 5.41) is 0. The topological polar surface area (TPSA) is 39.2 Å². The maximum atomic E-state index is 11.6. The fraction of sp³-hybridized carbons (Fsp3) is 0.500. The number of nitrogens with zero attached hydrogens (tertiary/aromatic N) is 1. The molecule has 0 unspecified atom stereocenters. The quantitative estimate of drug-likeness (QED) is 0.696. The molecule has 1 aliphatic rings. The second kappa shape index (κ2) is 3.65. The van der Waals surface area contributed by atoms with E-state index in [1.807, 2.05) is 6.92 Å². The minimum atomic E-state index is -0.189. The van der Waals surface area contributed by atoms with E-state index in [4.69, 9.17) is 4.74 Å². The molecule has 0 bridgehead atoms. The van der Waals surface area contributed by atoms with Crippen LogP contribution in [0.2, 0.25) is 0 Å². The molecule has 0 radical (unpaired) electrons. The van der Waals surface area contributed by atoms with Gasteiger partial charge in [0.2, 0.25) is 0 Å². The van der Waals surface area contributed by atoms with Crippen LogP contribution in [0.3, 0.4) is 0 Å². The van der Waals surface area contributed by atoms with Crippen LogP contribution < -0.4 is 0 Å². The molecule has 0 amide bonds. The molecule has 0 saturated heterocycles. The van der Waals surface area contributed by atoms with Crippen LogP contribution in [0.5, 0.6) is 0 Å². The number of fused-ring (bicyclic) bond motifs is 1. The van der Waals surface area contributed by atoms with Crippen LogP contribution in [0, 0.1) is 0 Å². The van der Waals surface area contributed by atoms with Crippen molar-refractivity contribution in [2.45, 2.75) is 39.7 Å². The van der Waals surface area contributed by atoms with Crippen LogP contribution >= 0.6 is 0 Å². The van der Waals surface area contributed by atoms with Crippen LogP contribution in [0.1, 0.15) is 53.9 Å². The smallest absolute Gasteiger partial charge is 0.339 e. The zero-order valence-corrected chi connectivity index (χ0v) is 9.33. The lowest BCUT2D eigenvalue weighted by Crippen LogP contribution is -2.05. The molecule has 0 fully saturated rings. The van der Waals surface area contributed by atoms with Gasteiger partial charge in [-0.25, -0.2) is 4.79 Å². The molecule has 2 heterocycles. The van der Waals surface area contributed by atoms with Gasteiger partial charge in [-0.05, 0) is 17.9 Å². The lowest BCUT2D eigenvalue weighted by Gasteiger charge is -2.10. The van der Waals surface area contributed by atoms with E-state index >= 15 is 0 Å². The lowest BCUT2D eigenvalue weighted by atomic mass is 9.97. The van der Waals surface area contributed by atoms with Gasteiger partial charge in [-0.1, -0.05) is 20.8 Å². The summed E-state index contributed by atoms with van der Waals surface area (Å²) >= 11 is 0. The van der Waals surface area contributed by atoms with Crippen molar-refractivity contribution in [2.75, 3.05) is 0 Å². The standard InChI is InChI=1S/C12H15NO2/c1-4-8-5-13-11(7(2)3)9-6-15-12(14)10(8)9/h5,7H,4,6H2,1-3H3. The molecule has 3 nitrogen and oxygen atoms in total. The summed E-state index contributed by atoms with van der Waals surface area (Å²) < 4.78 is 5.08. The summed E-state index contributed by atoms with van der Waals surface area (Å²) in [6.45, 7) is 6.58. The molecule has 0 spiro atoms. The van der Waals surface area contributed by atoms with Crippen LogP contribution in [-0.2, 0) is 17.8 Å². The van der Waals surface area contributed by atoms with E-state index in [-0.39, 0.29) is 5.97 Å². The van der Waals surface area contributed by atoms with E-state index in [0.717, 1.165) is 28.8 Å². The first kappa shape index (κ1) is 10.1. The number of hydrogen-bond donors (Lipinski definition) is 0. The van der Waals surface area contributed by atoms with Crippen molar-refractivity contribution in [2.24, 2.45) is 0 Å². The largest absolute Gasteiger partial charge is 0.457 e. The normalized spacial score (nSPS) is 14.3. The predicted octanol–water partition coefficient (Wildman–Crippen LogP) is 2.44. The number of esters is 1. The fourth-order valence-electron chi connectivity index (χ4n) is 1.99. The molecular weight excluding hydrogens is 190 g/mol. The Morgan fingerprint density at radius 1 is 1.53 bits per heavy atom. The van der Waals surface area contributed by atoms with Gasteiger partial charge < -0.3 is 4.74 Å². The first-order valence-corrected chi connectivity index (χ1v) is 5.32. The number of pyridine rings is 1. The highest BCUT2D eigenvalue weighted by molar-refractivity contribution is 5.95. The number of rotatable bonds is 2. The third-order valence-corrected chi connectivity index (χ3v) is 2.77. The van der Waals surface area contributed by atoms with Crippen LogP contribution in [0.15, 0.2) is 6.20 Å². The van der Waals surface area contributed by atoms with Gasteiger partial charge in [0.25, 0.3) is 0 Å². The first-order valence-electron chi connectivity index (χ1n) is 5.32. The summed E-state index contributed by atoms with van der Waals surface area (Å²) in [4.78, 5) is 16.0. The van der Waals surface area contributed by atoms with Crippen LogP contribution in [0.4, 0.5) is 0 Å². The Morgan fingerprint density at radius 3 is 2.87 bits per heavy atom. The second-order valence-corrected chi connectivity index (χ2v) is 4.11. The summed E-state index contributed by atoms with van der Waals surface area (Å²) in [5.41, 5.74) is 3.75. The van der Waals surface area contributed by atoms with Gasteiger partial charge in [-0.2, -0.15) is 0 Å². The minimum absolute atomic E-state index is 0.189. The molecule has 1 aliphatic heterocycles. The molecular formula is C12H15NO2. The van der Waals surface area contributed by atoms with Gasteiger partial charge >= 0.3 is 5.97 Å². The first-order chi connectivity index (χ1) is 7.15. The van der Waals surface area contributed by atoms with Crippen LogP contribution in [0.25, 0.3) is 0 Å². The van der Waals surface area contributed by atoms with Crippen molar-refractivity contribution >= 4 is 5.97 Å². The monoisotopic (exact) mass is 205 g/mol. The molecule has 1 aromatic rings. The Labute approximate surface area is 89.5 Å². The van der Waals surface area contributed by atoms with Crippen LogP contribution in [-0.4, -0.2) is 11.0 Å². The highest BCUT2D eigenvalue weighted by Crippen LogP contribution is 2.29. The van der Waals surface area contributed by atoms with E-state index in [0.29, 0.717) is 12.5 Å². The van der Waals surface area contributed by atoms with Gasteiger partial charge in [-0.3, -0.25) is 4.98 Å². The number of aryl methyl sites for hydroxylation is 1. The van der Waals surface area contributed by atoms with Crippen molar-refractivity contribution in [3.63, 3.8) is 0 Å². The van der Waals surface area contributed by atoms with Crippen molar-refractivity contribution in [1.82, 2.24) is 4.98 Å². The number of ether oxygens (including phenoxy) is 1. The molecule has 80 valence electrons. The molecule has 0 aliphatic carbocycles. The Balaban J connectivity index is 2.62. The molecule has 0 saturated carbocycles. The average molecular weight is 205 g/mol. The van der Waals surface area contributed by atoms with Gasteiger partial charge in [0.1, 0.15) is 6.61 Å². The van der Waals surface area contributed by atoms with E-state index in [2.05, 4.69) is 18.8 Å². The van der Waals surface area contributed by atoms with Crippen molar-refractivity contribution in [3.8, 4) is 0 Å². The maximum absolute atomic E-state index is 11.6. The average Bonchev–Trinajstić information content (AvgIpc) is 2.60. The number of hydrogen-bond acceptors (Lipinski definition) is 3. The molecule has 3 heteroatoms. The van der Waals surface area contributed by atoms with E-state index in [1.54, 1.807) is 6.20 Å². The lowest BCUT2D eigenvalue weighted by molar-refractivity contribution is 0.0534. The maximum Gasteiger partial charge on any atom is 0.339 e. The molecule has 2 rings (SSSR count). The highest BCUT2D eigenvalue weighted by atomic mass is 16.5. The van der Waals surface area contributed by atoms with Crippen molar-refractivity contribution in [1.29, 1.82) is 0 Å². The SMILES string of the molecule is CCc1cnc(C(C)C)c2c1C(=O)OC2. The minimum Gasteiger partial charge on any atom is -0.457 e. The Kier molecular flexibility index (Phi) is 2.47. The zero-order chi connectivity index (χ0) is 11.0. The number of carbonyl (C=O) groups is 1. The summed E-state index contributed by atoms with van der Waals surface area (Å²) in [5.74, 6) is 0.144. The zero-order valence-electron chi connectivity index (χ0n) is 9.33. The number of carbonyl (C=O) groups excluding carboxylic acids is 1. The molecule has 1 aromatic heterocycles. The van der Waals surface area contributed by atoms with Crippen molar-refractivity contribution in [3.05, 3.63) is 28.6 Å². The Morgan fingerprint density at radius 2 is 2.27 bits per heavy atom. The summed E-state index contributed by atoms with van der Waals surface area (Å²) in [6, 6.07) is 0. The fourth-order valence-corrected chi connectivity index (χ4v) is 1.99. The van der Waals surface area contributed by atoms with E-state index in [1.165, 1.54) is 0 Å². The third kappa shape index (κ3) is 1.52. The van der Waals surface area contributed by atoms with Gasteiger partial charge in [0.05, 0.1) is 11.3 Å². The summed E-state index contributed by atoms with van der Waals surface area (Å²) in [7, 11) is 0. The molecule has 0 aromatic carbocycles. The number of aromatic nitrogens is 1. The van der Waals surface area contributed by atoms with E-state index in [9.17, 15) is 4.79 Å². The van der Waals surface area contributed by atoms with Gasteiger partial charge in [-0.15, -0.1) is 0 Å². The number of cyclic esters (lactones) is 1. The second-order valence-electron chi connectivity index (χ2n) is 4.11. The van der Waals surface area contributed by atoms with Gasteiger partial charge in [0.15, 0.2) is 0 Å². The Hall–Kier alpha value is -1.38. The molecule has 0 N–H and O–H groups in total. The van der Waals surface area contributed by atoms with E-state index < -0.39 is 0 Å². The molecule has 15 heavy (non-hydrogen) atoms. The van der Waals surface area contributed by atoms with Crippen molar-refractivity contribution < 1.29 is 9.53 Å². The highest BCUT2D eigenvalue weighted by Gasteiger charge is 2.28. The van der Waals surface area contributed by atoms with Gasteiger partial charge in [0, 0.05) is 11.8 Å². The third-order valence-electron chi connectivity index (χ3n) is 2.77.